The fraction of sp³-hybridized carbons (Fsp3) is 0.176. The van der Waals surface area contributed by atoms with E-state index in [1.807, 2.05) is 0 Å². The Morgan fingerprint density at radius 2 is 1.41 bits per heavy atom. The zero-order chi connectivity index (χ0) is 32.7. The number of hydrogen-bond donors (Lipinski definition) is 1. The van der Waals surface area contributed by atoms with Crippen molar-refractivity contribution < 1.29 is 38.1 Å². The predicted molar refractivity (Wildman–Crippen MR) is 164 cm³/mol. The smallest absolute Gasteiger partial charge is 0.351 e. The highest BCUT2D eigenvalue weighted by Gasteiger charge is 2.62. The van der Waals surface area contributed by atoms with Crippen molar-refractivity contribution in [3.8, 4) is 0 Å². The van der Waals surface area contributed by atoms with Crippen molar-refractivity contribution in [3.63, 3.8) is 0 Å². The Labute approximate surface area is 263 Å². The van der Waals surface area contributed by atoms with E-state index in [-0.39, 0.29) is 22.5 Å². The van der Waals surface area contributed by atoms with E-state index < -0.39 is 60.1 Å². The van der Waals surface area contributed by atoms with E-state index in [4.69, 9.17) is 18.9 Å². The zero-order valence-electron chi connectivity index (χ0n) is 24.6. The molecule has 4 atom stereocenters. The van der Waals surface area contributed by atoms with Crippen molar-refractivity contribution in [1.29, 1.82) is 0 Å². The number of nitrogens with zero attached hydrogens (tertiary/aromatic N) is 2. The lowest BCUT2D eigenvalue weighted by Crippen LogP contribution is -2.52. The van der Waals surface area contributed by atoms with Gasteiger partial charge in [-0.2, -0.15) is 4.98 Å². The van der Waals surface area contributed by atoms with E-state index in [9.17, 15) is 24.0 Å². The Morgan fingerprint density at radius 1 is 0.870 bits per heavy atom. The second kappa shape index (κ2) is 13.8. The minimum atomic E-state index is -2.05. The van der Waals surface area contributed by atoms with Gasteiger partial charge >= 0.3 is 23.6 Å². The number of ether oxygens (including phenoxy) is 4. The van der Waals surface area contributed by atoms with Crippen molar-refractivity contribution in [2.75, 3.05) is 11.9 Å². The van der Waals surface area contributed by atoms with Crippen LogP contribution in [0.4, 0.5) is 5.82 Å². The fourth-order valence-corrected chi connectivity index (χ4v) is 4.93. The standard InChI is InChI=1S/C34H29N3O9/c1-3-34(46-31(41)25-17-11-6-12-18-25)28(45-30(40)24-15-9-5-10-16-24)26(21-43-29(39)23-13-7-4-8-14-23)44-32(34)37-20-19-27(35-22(2)38)36-33(37)42/h3-20,26,28,32H,1,21H2,2H3,(H,35,36,38,42)/t26-,28-,32-,34-/m1/s1. The van der Waals surface area contributed by atoms with Crippen molar-refractivity contribution in [3.05, 3.63) is 143 Å². The van der Waals surface area contributed by atoms with Gasteiger partial charge in [-0.3, -0.25) is 9.36 Å². The number of esters is 3. The van der Waals surface area contributed by atoms with Crippen LogP contribution in [0.5, 0.6) is 0 Å². The van der Waals surface area contributed by atoms with Crippen LogP contribution in [0.3, 0.4) is 0 Å². The van der Waals surface area contributed by atoms with Crippen molar-refractivity contribution >= 4 is 29.6 Å². The molecule has 5 rings (SSSR count). The van der Waals surface area contributed by atoms with Gasteiger partial charge in [0, 0.05) is 13.1 Å². The SMILES string of the molecule is C=C[C@@]1(OC(=O)c2ccccc2)[C@H](OC(=O)c2ccccc2)[C@@H](COC(=O)c2ccccc2)O[C@H]1n1ccc(NC(C)=O)nc1=O. The van der Waals surface area contributed by atoms with E-state index in [1.165, 1.54) is 49.5 Å². The molecule has 0 bridgehead atoms. The van der Waals surface area contributed by atoms with Gasteiger partial charge in [0.15, 0.2) is 12.3 Å². The number of amides is 1. The molecule has 1 aromatic heterocycles. The molecule has 2 heterocycles. The number of rotatable bonds is 10. The predicted octanol–water partition coefficient (Wildman–Crippen LogP) is 3.96. The molecule has 1 N–H and O–H groups in total. The molecule has 0 spiro atoms. The highest BCUT2D eigenvalue weighted by Crippen LogP contribution is 2.44. The van der Waals surface area contributed by atoms with Gasteiger partial charge in [-0.1, -0.05) is 61.2 Å². The Hall–Kier alpha value is -5.88. The minimum absolute atomic E-state index is 0.0300. The summed E-state index contributed by atoms with van der Waals surface area (Å²) in [4.78, 5) is 68.7. The van der Waals surface area contributed by atoms with Gasteiger partial charge in [0.25, 0.3) is 0 Å². The first kappa shape index (κ1) is 31.5. The molecule has 46 heavy (non-hydrogen) atoms. The molecule has 4 aromatic rings. The molecule has 1 aliphatic rings. The number of benzene rings is 3. The van der Waals surface area contributed by atoms with Crippen LogP contribution in [0.25, 0.3) is 0 Å². The first-order valence-corrected chi connectivity index (χ1v) is 14.1. The lowest BCUT2D eigenvalue weighted by Gasteiger charge is -2.35. The maximum absolute atomic E-state index is 13.6. The second-order valence-corrected chi connectivity index (χ2v) is 10.2. The van der Waals surface area contributed by atoms with Crippen LogP contribution in [-0.2, 0) is 23.7 Å². The molecule has 12 heteroatoms. The molecule has 1 fully saturated rings. The summed E-state index contributed by atoms with van der Waals surface area (Å²) in [5, 5.41) is 2.43. The number of hydrogen-bond acceptors (Lipinski definition) is 10. The zero-order valence-corrected chi connectivity index (χ0v) is 24.6. The number of nitrogens with one attached hydrogen (secondary N) is 1. The Morgan fingerprint density at radius 3 is 1.93 bits per heavy atom. The van der Waals surface area contributed by atoms with Gasteiger partial charge in [-0.05, 0) is 48.5 Å². The summed E-state index contributed by atoms with van der Waals surface area (Å²) in [6.07, 6.45) is -1.80. The molecule has 0 unspecified atom stereocenters. The molecule has 1 amide bonds. The minimum Gasteiger partial charge on any atom is -0.459 e. The summed E-state index contributed by atoms with van der Waals surface area (Å²) >= 11 is 0. The van der Waals surface area contributed by atoms with E-state index >= 15 is 0 Å². The summed E-state index contributed by atoms with van der Waals surface area (Å²) in [5.41, 5.74) is -2.36. The van der Waals surface area contributed by atoms with Crippen molar-refractivity contribution in [1.82, 2.24) is 9.55 Å². The molecule has 1 saturated heterocycles. The van der Waals surface area contributed by atoms with Gasteiger partial charge in [-0.25, -0.2) is 19.2 Å². The number of carbonyl (C=O) groups is 4. The molecular formula is C34H29N3O9. The van der Waals surface area contributed by atoms with Crippen LogP contribution in [-0.4, -0.2) is 57.8 Å². The third kappa shape index (κ3) is 6.76. The Kier molecular flexibility index (Phi) is 9.48. The molecule has 234 valence electrons. The summed E-state index contributed by atoms with van der Waals surface area (Å²) in [6, 6.07) is 25.6. The largest absolute Gasteiger partial charge is 0.459 e. The molecule has 12 nitrogen and oxygen atoms in total. The van der Waals surface area contributed by atoms with E-state index in [2.05, 4.69) is 16.9 Å². The Bertz CT molecular complexity index is 1800. The topological polar surface area (TPSA) is 152 Å². The van der Waals surface area contributed by atoms with Gasteiger partial charge in [-0.15, -0.1) is 0 Å². The van der Waals surface area contributed by atoms with Crippen molar-refractivity contribution in [2.24, 2.45) is 0 Å². The lowest BCUT2D eigenvalue weighted by atomic mass is 9.92. The maximum atomic E-state index is 13.6. The van der Waals surface area contributed by atoms with Gasteiger partial charge in [0.2, 0.25) is 11.5 Å². The second-order valence-electron chi connectivity index (χ2n) is 10.2. The molecule has 0 saturated carbocycles. The molecule has 1 aliphatic heterocycles. The molecule has 0 radical (unpaired) electrons. The fourth-order valence-electron chi connectivity index (χ4n) is 4.93. The first-order valence-electron chi connectivity index (χ1n) is 14.1. The van der Waals surface area contributed by atoms with Crippen LogP contribution >= 0.6 is 0 Å². The van der Waals surface area contributed by atoms with E-state index in [1.54, 1.807) is 66.7 Å². The van der Waals surface area contributed by atoms with Crippen LogP contribution in [0.15, 0.2) is 121 Å². The lowest BCUT2D eigenvalue weighted by molar-refractivity contribution is -0.114. The maximum Gasteiger partial charge on any atom is 0.351 e. The third-order valence-electron chi connectivity index (χ3n) is 7.09. The van der Waals surface area contributed by atoms with Gasteiger partial charge in [0.05, 0.1) is 16.7 Å². The summed E-state index contributed by atoms with van der Waals surface area (Å²) in [7, 11) is 0. The van der Waals surface area contributed by atoms with Gasteiger partial charge < -0.3 is 24.3 Å². The quantitative estimate of drug-likeness (QED) is 0.156. The summed E-state index contributed by atoms with van der Waals surface area (Å²) < 4.78 is 24.9. The number of carbonyl (C=O) groups excluding carboxylic acids is 4. The van der Waals surface area contributed by atoms with Gasteiger partial charge in [0.1, 0.15) is 18.5 Å². The Balaban J connectivity index is 1.59. The van der Waals surface area contributed by atoms with E-state index in [0.717, 1.165) is 4.57 Å². The van der Waals surface area contributed by atoms with Crippen molar-refractivity contribution in [2.45, 2.75) is 31.0 Å². The summed E-state index contributed by atoms with van der Waals surface area (Å²) in [5.74, 6) is -2.81. The monoisotopic (exact) mass is 623 g/mol. The molecule has 3 aromatic carbocycles. The normalized spacial score (nSPS) is 20.2. The highest BCUT2D eigenvalue weighted by molar-refractivity contribution is 5.91. The average Bonchev–Trinajstić information content (AvgIpc) is 3.36. The number of aromatic nitrogens is 2. The molecular weight excluding hydrogens is 594 g/mol. The third-order valence-corrected chi connectivity index (χ3v) is 7.09. The van der Waals surface area contributed by atoms with E-state index in [0.29, 0.717) is 0 Å². The highest BCUT2D eigenvalue weighted by atomic mass is 16.7. The van der Waals surface area contributed by atoms with Crippen LogP contribution < -0.4 is 11.0 Å². The first-order chi connectivity index (χ1) is 22.2. The van der Waals surface area contributed by atoms with Crippen LogP contribution in [0, 0.1) is 0 Å². The average molecular weight is 624 g/mol. The summed E-state index contributed by atoms with van der Waals surface area (Å²) in [6.45, 7) is 4.67. The number of anilines is 1. The van der Waals surface area contributed by atoms with Crippen LogP contribution in [0.1, 0.15) is 44.2 Å². The van der Waals surface area contributed by atoms with Crippen LogP contribution in [0.2, 0.25) is 0 Å². The molecule has 0 aliphatic carbocycles.